The van der Waals surface area contributed by atoms with E-state index < -0.39 is 5.25 Å². The van der Waals surface area contributed by atoms with E-state index in [4.69, 9.17) is 0 Å². The minimum atomic E-state index is -0.483. The van der Waals surface area contributed by atoms with Gasteiger partial charge < -0.3 is 15.1 Å². The zero-order valence-corrected chi connectivity index (χ0v) is 20.5. The van der Waals surface area contributed by atoms with E-state index in [0.29, 0.717) is 17.8 Å². The molecule has 1 aromatic heterocycles. The van der Waals surface area contributed by atoms with Crippen molar-refractivity contribution >= 4 is 40.3 Å². The van der Waals surface area contributed by atoms with E-state index in [2.05, 4.69) is 20.3 Å². The Hall–Kier alpha value is -3.14. The van der Waals surface area contributed by atoms with Crippen LogP contribution in [0.15, 0.2) is 41.7 Å². The van der Waals surface area contributed by atoms with Crippen molar-refractivity contribution in [2.75, 3.05) is 18.4 Å². The quantitative estimate of drug-likeness (QED) is 0.651. The summed E-state index contributed by atoms with van der Waals surface area (Å²) in [6.45, 7) is 6.25. The molecule has 2 aliphatic heterocycles. The summed E-state index contributed by atoms with van der Waals surface area (Å²) in [6, 6.07) is 6.86. The summed E-state index contributed by atoms with van der Waals surface area (Å²) >= 11 is 1.38. The lowest BCUT2D eigenvalue weighted by Crippen LogP contribution is -2.36. The zero-order chi connectivity index (χ0) is 24.2. The van der Waals surface area contributed by atoms with Crippen LogP contribution < -0.4 is 5.32 Å². The molecule has 2 aliphatic rings. The van der Waals surface area contributed by atoms with E-state index in [1.54, 1.807) is 40.0 Å². The molecule has 10 heteroatoms. The molecule has 0 radical (unpaired) electrons. The maximum absolute atomic E-state index is 13.1. The Morgan fingerprint density at radius 2 is 1.91 bits per heavy atom. The molecule has 180 valence electrons. The van der Waals surface area contributed by atoms with Crippen molar-refractivity contribution in [1.29, 1.82) is 0 Å². The summed E-state index contributed by atoms with van der Waals surface area (Å²) in [6.07, 6.45) is 5.94. The van der Waals surface area contributed by atoms with Crippen molar-refractivity contribution in [2.24, 2.45) is 12.0 Å². The first-order chi connectivity index (χ1) is 16.3. The third-order valence-corrected chi connectivity index (χ3v) is 7.10. The molecular formula is C24H30N6O3S. The molecule has 2 aromatic rings. The maximum Gasteiger partial charge on any atom is 0.262 e. The molecule has 1 saturated heterocycles. The summed E-state index contributed by atoms with van der Waals surface area (Å²) in [5.74, 6) is -0.579. The Labute approximate surface area is 203 Å². The van der Waals surface area contributed by atoms with Crippen molar-refractivity contribution in [2.45, 2.75) is 50.9 Å². The fourth-order valence-corrected chi connectivity index (χ4v) is 5.15. The molecule has 9 nitrogen and oxygen atoms in total. The average molecular weight is 483 g/mol. The number of aliphatic imine (C=N–C) groups is 1. The molecule has 0 aliphatic carbocycles. The van der Waals surface area contributed by atoms with Gasteiger partial charge in [0.2, 0.25) is 5.91 Å². The number of carbonyl (C=O) groups is 3. The molecule has 1 N–H and O–H groups in total. The van der Waals surface area contributed by atoms with Crippen LogP contribution in [0, 0.1) is 0 Å². The van der Waals surface area contributed by atoms with Gasteiger partial charge in [0.1, 0.15) is 5.25 Å². The number of likely N-dealkylation sites (tertiary alicyclic amines) is 1. The Morgan fingerprint density at radius 3 is 2.53 bits per heavy atom. The lowest BCUT2D eigenvalue weighted by molar-refractivity contribution is -0.121. The minimum Gasteiger partial charge on any atom is -0.351 e. The molecule has 34 heavy (non-hydrogen) atoms. The van der Waals surface area contributed by atoms with Gasteiger partial charge in [0, 0.05) is 62.2 Å². The number of rotatable bonds is 7. The standard InChI is InChI=1S/C24H30N6O3S/c1-16(2)30(15-17-13-25-28(3)14-17)23(33)18-6-8-19(9-7-18)26-21(31)12-20-22(32)27-24(34-20)29-10-4-5-11-29/h6-9,13-14,16,20H,4-5,10-12,15H2,1-3H3,(H,26,31). The fourth-order valence-electron chi connectivity index (χ4n) is 4.03. The molecule has 1 aromatic carbocycles. The largest absolute Gasteiger partial charge is 0.351 e. The number of benzene rings is 1. The second-order valence-corrected chi connectivity index (χ2v) is 10.1. The molecule has 0 saturated carbocycles. The minimum absolute atomic E-state index is 0.0150. The number of amides is 3. The Balaban J connectivity index is 1.32. The first-order valence-electron chi connectivity index (χ1n) is 11.5. The third-order valence-electron chi connectivity index (χ3n) is 5.89. The lowest BCUT2D eigenvalue weighted by atomic mass is 10.1. The van der Waals surface area contributed by atoms with Crippen LogP contribution in [0.4, 0.5) is 5.69 Å². The van der Waals surface area contributed by atoms with Gasteiger partial charge in [-0.05, 0) is 51.0 Å². The molecule has 0 spiro atoms. The predicted molar refractivity (Wildman–Crippen MR) is 133 cm³/mol. The maximum atomic E-state index is 13.1. The van der Waals surface area contributed by atoms with Crippen LogP contribution in [-0.2, 0) is 23.2 Å². The average Bonchev–Trinajstić information content (AvgIpc) is 3.54. The van der Waals surface area contributed by atoms with Crippen LogP contribution >= 0.6 is 11.8 Å². The van der Waals surface area contributed by atoms with E-state index >= 15 is 0 Å². The Morgan fingerprint density at radius 1 is 1.21 bits per heavy atom. The first-order valence-corrected chi connectivity index (χ1v) is 12.4. The third kappa shape index (κ3) is 5.67. The number of hydrogen-bond acceptors (Lipinski definition) is 6. The van der Waals surface area contributed by atoms with Gasteiger partial charge in [-0.25, -0.2) is 0 Å². The molecule has 1 fully saturated rings. The number of aryl methyl sites for hydroxylation is 1. The van der Waals surface area contributed by atoms with E-state index in [0.717, 1.165) is 36.7 Å². The Bertz CT molecular complexity index is 1090. The number of amidine groups is 1. The summed E-state index contributed by atoms with van der Waals surface area (Å²) in [4.78, 5) is 45.9. The summed E-state index contributed by atoms with van der Waals surface area (Å²) in [5.41, 5.74) is 2.09. The second-order valence-electron chi connectivity index (χ2n) is 8.91. The van der Waals surface area contributed by atoms with Gasteiger partial charge in [0.25, 0.3) is 11.8 Å². The fraction of sp³-hybridized carbons (Fsp3) is 0.458. The van der Waals surface area contributed by atoms with Gasteiger partial charge >= 0.3 is 0 Å². The molecule has 3 heterocycles. The monoisotopic (exact) mass is 482 g/mol. The molecule has 0 bridgehead atoms. The van der Waals surface area contributed by atoms with Crippen molar-refractivity contribution in [1.82, 2.24) is 19.6 Å². The van der Waals surface area contributed by atoms with Crippen molar-refractivity contribution in [3.63, 3.8) is 0 Å². The smallest absolute Gasteiger partial charge is 0.262 e. The zero-order valence-electron chi connectivity index (χ0n) is 19.7. The van der Waals surface area contributed by atoms with Crippen molar-refractivity contribution in [3.05, 3.63) is 47.8 Å². The number of nitrogens with zero attached hydrogens (tertiary/aromatic N) is 5. The molecule has 3 amide bonds. The van der Waals surface area contributed by atoms with Gasteiger partial charge in [-0.2, -0.15) is 10.1 Å². The summed E-state index contributed by atoms with van der Waals surface area (Å²) in [7, 11) is 1.85. The van der Waals surface area contributed by atoms with Gasteiger partial charge in [-0.1, -0.05) is 11.8 Å². The molecule has 1 atom stereocenters. The summed E-state index contributed by atoms with van der Waals surface area (Å²) < 4.78 is 1.72. The topological polar surface area (TPSA) is 99.9 Å². The van der Waals surface area contributed by atoms with E-state index in [1.807, 2.05) is 27.1 Å². The summed E-state index contributed by atoms with van der Waals surface area (Å²) in [5, 5.41) is 7.26. The van der Waals surface area contributed by atoms with Crippen molar-refractivity contribution < 1.29 is 14.4 Å². The van der Waals surface area contributed by atoms with Gasteiger partial charge in [-0.3, -0.25) is 19.1 Å². The first kappa shape index (κ1) is 24.0. The van der Waals surface area contributed by atoms with E-state index in [1.165, 1.54) is 11.8 Å². The van der Waals surface area contributed by atoms with Gasteiger partial charge in [0.05, 0.1) is 6.20 Å². The van der Waals surface area contributed by atoms with Crippen LogP contribution in [0.5, 0.6) is 0 Å². The predicted octanol–water partition coefficient (Wildman–Crippen LogP) is 2.89. The van der Waals surface area contributed by atoms with E-state index in [9.17, 15) is 14.4 Å². The van der Waals surface area contributed by atoms with Gasteiger partial charge in [0.15, 0.2) is 5.17 Å². The number of thioether (sulfide) groups is 1. The normalized spacial score (nSPS) is 17.9. The highest BCUT2D eigenvalue weighted by Crippen LogP contribution is 2.29. The van der Waals surface area contributed by atoms with Crippen LogP contribution in [0.25, 0.3) is 0 Å². The number of hydrogen-bond donors (Lipinski definition) is 1. The molecule has 1 unspecified atom stereocenters. The highest BCUT2D eigenvalue weighted by atomic mass is 32.2. The van der Waals surface area contributed by atoms with Gasteiger partial charge in [-0.15, -0.1) is 0 Å². The number of nitrogens with one attached hydrogen (secondary N) is 1. The van der Waals surface area contributed by atoms with E-state index in [-0.39, 0.29) is 30.2 Å². The SMILES string of the molecule is CC(C)N(Cc1cnn(C)c1)C(=O)c1ccc(NC(=O)CC2SC(N3CCCC3)=NC2=O)cc1. The Kier molecular flexibility index (Phi) is 7.35. The van der Waals surface area contributed by atoms with Crippen LogP contribution in [-0.4, -0.2) is 66.9 Å². The van der Waals surface area contributed by atoms with Crippen LogP contribution in [0.1, 0.15) is 49.0 Å². The van der Waals surface area contributed by atoms with Crippen LogP contribution in [0.3, 0.4) is 0 Å². The second kappa shape index (κ2) is 10.4. The van der Waals surface area contributed by atoms with Crippen molar-refractivity contribution in [3.8, 4) is 0 Å². The highest BCUT2D eigenvalue weighted by molar-refractivity contribution is 8.15. The molecule has 4 rings (SSSR count). The van der Waals surface area contributed by atoms with Crippen LogP contribution in [0.2, 0.25) is 0 Å². The number of anilines is 1. The highest BCUT2D eigenvalue weighted by Gasteiger charge is 2.33. The lowest BCUT2D eigenvalue weighted by Gasteiger charge is -2.26. The number of carbonyl (C=O) groups excluding carboxylic acids is 3. The molecular weight excluding hydrogens is 452 g/mol. The number of aromatic nitrogens is 2.